The van der Waals surface area contributed by atoms with Crippen LogP contribution >= 0.6 is 0 Å². The number of sulfonamides is 1. The van der Waals surface area contributed by atoms with Crippen molar-refractivity contribution >= 4 is 10.0 Å². The average molecular weight is 406 g/mol. The maximum absolute atomic E-state index is 13.5. The molecule has 7 heteroatoms. The van der Waals surface area contributed by atoms with Gasteiger partial charge in [0.25, 0.3) is 0 Å². The minimum Gasteiger partial charge on any atom is -0.490 e. The molecule has 0 spiro atoms. The number of benzene rings is 2. The van der Waals surface area contributed by atoms with E-state index in [2.05, 4.69) is 7.05 Å². The SMILES string of the molecule is CCOc1ccc(S(=O)(=O)N2CC[NH+](C)C[C@@H]2c2ccccc2)cc1OCC. The smallest absolute Gasteiger partial charge is 0.244 e. The zero-order valence-electron chi connectivity index (χ0n) is 16.7. The number of quaternary nitrogens is 1. The van der Waals surface area contributed by atoms with Crippen LogP contribution in [0, 0.1) is 0 Å². The van der Waals surface area contributed by atoms with E-state index in [0.717, 1.165) is 18.7 Å². The first-order chi connectivity index (χ1) is 13.5. The maximum Gasteiger partial charge on any atom is 0.244 e. The van der Waals surface area contributed by atoms with Crippen molar-refractivity contribution < 1.29 is 22.8 Å². The topological polar surface area (TPSA) is 60.3 Å². The van der Waals surface area contributed by atoms with E-state index in [-0.39, 0.29) is 10.9 Å². The van der Waals surface area contributed by atoms with Crippen LogP contribution in [0.2, 0.25) is 0 Å². The monoisotopic (exact) mass is 405 g/mol. The van der Waals surface area contributed by atoms with E-state index in [0.29, 0.717) is 31.3 Å². The lowest BCUT2D eigenvalue weighted by Crippen LogP contribution is -3.12. The lowest BCUT2D eigenvalue weighted by molar-refractivity contribution is -0.887. The summed E-state index contributed by atoms with van der Waals surface area (Å²) >= 11 is 0. The molecule has 1 N–H and O–H groups in total. The molecule has 152 valence electrons. The van der Waals surface area contributed by atoms with Gasteiger partial charge in [-0.05, 0) is 31.5 Å². The Balaban J connectivity index is 1.99. The molecule has 1 aliphatic rings. The summed E-state index contributed by atoms with van der Waals surface area (Å²) in [6, 6.07) is 14.5. The number of piperazine rings is 1. The van der Waals surface area contributed by atoms with Crippen LogP contribution in [0.25, 0.3) is 0 Å². The van der Waals surface area contributed by atoms with Gasteiger partial charge in [-0.2, -0.15) is 4.31 Å². The van der Waals surface area contributed by atoms with Crippen molar-refractivity contribution in [3.05, 3.63) is 54.1 Å². The van der Waals surface area contributed by atoms with E-state index in [1.165, 1.54) is 4.90 Å². The molecular weight excluding hydrogens is 376 g/mol. The molecular formula is C21H29N2O4S+. The number of nitrogens with one attached hydrogen (secondary N) is 1. The molecule has 6 nitrogen and oxygen atoms in total. The van der Waals surface area contributed by atoms with E-state index in [1.54, 1.807) is 22.5 Å². The molecule has 0 aliphatic carbocycles. The summed E-state index contributed by atoms with van der Waals surface area (Å²) in [7, 11) is -1.57. The predicted octanol–water partition coefficient (Wildman–Crippen LogP) is 1.74. The fourth-order valence-corrected chi connectivity index (χ4v) is 5.19. The third-order valence-electron chi connectivity index (χ3n) is 4.95. The highest BCUT2D eigenvalue weighted by Gasteiger charge is 2.38. The summed E-state index contributed by atoms with van der Waals surface area (Å²) < 4.78 is 39.9. The lowest BCUT2D eigenvalue weighted by Gasteiger charge is -2.37. The Morgan fingerprint density at radius 3 is 2.39 bits per heavy atom. The highest BCUT2D eigenvalue weighted by Crippen LogP contribution is 2.34. The molecule has 28 heavy (non-hydrogen) atoms. The van der Waals surface area contributed by atoms with Crippen molar-refractivity contribution in [1.29, 1.82) is 0 Å². The first-order valence-corrected chi connectivity index (χ1v) is 11.2. The van der Waals surface area contributed by atoms with Crippen molar-refractivity contribution in [3.8, 4) is 11.5 Å². The Labute approximate surface area is 167 Å². The van der Waals surface area contributed by atoms with Gasteiger partial charge in [-0.3, -0.25) is 0 Å². The van der Waals surface area contributed by atoms with Gasteiger partial charge < -0.3 is 14.4 Å². The van der Waals surface area contributed by atoms with Crippen molar-refractivity contribution in [2.45, 2.75) is 24.8 Å². The average Bonchev–Trinajstić information content (AvgIpc) is 2.70. The fraction of sp³-hybridized carbons (Fsp3) is 0.429. The fourth-order valence-electron chi connectivity index (χ4n) is 3.57. The van der Waals surface area contributed by atoms with Gasteiger partial charge in [0.05, 0.1) is 50.8 Å². The first kappa shape index (κ1) is 20.6. The summed E-state index contributed by atoms with van der Waals surface area (Å²) in [5, 5.41) is 0. The third kappa shape index (κ3) is 4.32. The Morgan fingerprint density at radius 2 is 1.71 bits per heavy atom. The Kier molecular flexibility index (Phi) is 6.59. The molecule has 3 rings (SSSR count). The van der Waals surface area contributed by atoms with Crippen molar-refractivity contribution in [2.24, 2.45) is 0 Å². The number of ether oxygens (including phenoxy) is 2. The molecule has 0 aromatic heterocycles. The van der Waals surface area contributed by atoms with E-state index in [1.807, 2.05) is 44.2 Å². The second-order valence-corrected chi connectivity index (χ2v) is 8.82. The number of rotatable bonds is 7. The summed E-state index contributed by atoms with van der Waals surface area (Å²) in [6.45, 7) is 6.67. The second kappa shape index (κ2) is 8.94. The number of likely N-dealkylation sites (N-methyl/N-ethyl adjacent to an activating group) is 1. The van der Waals surface area contributed by atoms with Crippen LogP contribution < -0.4 is 14.4 Å². The number of hydrogen-bond donors (Lipinski definition) is 1. The van der Waals surface area contributed by atoms with Crippen LogP contribution in [0.4, 0.5) is 0 Å². The molecule has 1 fully saturated rings. The molecule has 1 saturated heterocycles. The lowest BCUT2D eigenvalue weighted by atomic mass is 10.1. The largest absolute Gasteiger partial charge is 0.490 e. The van der Waals surface area contributed by atoms with Crippen molar-refractivity contribution in [2.75, 3.05) is 39.9 Å². The van der Waals surface area contributed by atoms with E-state index in [9.17, 15) is 8.42 Å². The molecule has 1 aliphatic heterocycles. The highest BCUT2D eigenvalue weighted by molar-refractivity contribution is 7.89. The number of hydrogen-bond acceptors (Lipinski definition) is 4. The highest BCUT2D eigenvalue weighted by atomic mass is 32.2. The summed E-state index contributed by atoms with van der Waals surface area (Å²) in [5.74, 6) is 1.02. The molecule has 0 radical (unpaired) electrons. The van der Waals surface area contributed by atoms with Gasteiger partial charge in [0.15, 0.2) is 11.5 Å². The third-order valence-corrected chi connectivity index (χ3v) is 6.86. The van der Waals surface area contributed by atoms with Crippen molar-refractivity contribution in [3.63, 3.8) is 0 Å². The predicted molar refractivity (Wildman–Crippen MR) is 108 cm³/mol. The molecule has 0 amide bonds. The molecule has 2 aromatic rings. The molecule has 0 bridgehead atoms. The van der Waals surface area contributed by atoms with Gasteiger partial charge in [0.2, 0.25) is 10.0 Å². The van der Waals surface area contributed by atoms with E-state index >= 15 is 0 Å². The van der Waals surface area contributed by atoms with Crippen LogP contribution in [-0.2, 0) is 10.0 Å². The van der Waals surface area contributed by atoms with Gasteiger partial charge in [0, 0.05) is 6.07 Å². The number of nitrogens with zero attached hydrogens (tertiary/aromatic N) is 1. The molecule has 1 heterocycles. The van der Waals surface area contributed by atoms with Crippen LogP contribution in [0.15, 0.2) is 53.4 Å². The van der Waals surface area contributed by atoms with Crippen LogP contribution in [0.5, 0.6) is 11.5 Å². The minimum atomic E-state index is -3.67. The van der Waals surface area contributed by atoms with Gasteiger partial charge in [-0.15, -0.1) is 0 Å². The van der Waals surface area contributed by atoms with Crippen LogP contribution in [0.1, 0.15) is 25.5 Å². The standard InChI is InChI=1S/C21H28N2O4S/c1-4-26-20-12-11-18(15-21(20)27-5-2)28(24,25)23-14-13-22(3)16-19(23)17-9-7-6-8-10-17/h6-12,15,19H,4-5,13-14,16H2,1-3H3/p+1/t19-/m1/s1. The van der Waals surface area contributed by atoms with E-state index < -0.39 is 10.0 Å². The molecule has 1 unspecified atom stereocenters. The van der Waals surface area contributed by atoms with Crippen LogP contribution in [0.3, 0.4) is 0 Å². The molecule has 2 atom stereocenters. The van der Waals surface area contributed by atoms with Crippen LogP contribution in [-0.4, -0.2) is 52.6 Å². The van der Waals surface area contributed by atoms with E-state index in [4.69, 9.17) is 9.47 Å². The van der Waals surface area contributed by atoms with Gasteiger partial charge in [-0.25, -0.2) is 8.42 Å². The minimum absolute atomic E-state index is 0.193. The quantitative estimate of drug-likeness (QED) is 0.762. The Morgan fingerprint density at radius 1 is 1.04 bits per heavy atom. The molecule has 0 saturated carbocycles. The zero-order valence-corrected chi connectivity index (χ0v) is 17.5. The zero-order chi connectivity index (χ0) is 20.1. The Bertz CT molecular complexity index is 887. The second-order valence-electron chi connectivity index (χ2n) is 6.93. The molecule has 2 aromatic carbocycles. The van der Waals surface area contributed by atoms with Gasteiger partial charge >= 0.3 is 0 Å². The normalized spacial score (nSPS) is 20.7. The summed E-state index contributed by atoms with van der Waals surface area (Å²) in [5.41, 5.74) is 1.01. The summed E-state index contributed by atoms with van der Waals surface area (Å²) in [6.07, 6.45) is 0. The maximum atomic E-state index is 13.5. The first-order valence-electron chi connectivity index (χ1n) is 9.75. The summed E-state index contributed by atoms with van der Waals surface area (Å²) in [4.78, 5) is 1.56. The van der Waals surface area contributed by atoms with Gasteiger partial charge in [-0.1, -0.05) is 30.3 Å². The van der Waals surface area contributed by atoms with Gasteiger partial charge in [0.1, 0.15) is 0 Å². The Hall–Kier alpha value is -2.09. The van der Waals surface area contributed by atoms with Crippen molar-refractivity contribution in [1.82, 2.24) is 4.31 Å².